The van der Waals surface area contributed by atoms with E-state index >= 15 is 0 Å². The molecule has 1 aliphatic carbocycles. The van der Waals surface area contributed by atoms with E-state index in [0.717, 1.165) is 0 Å². The number of carbonyl (C=O) groups is 1. The van der Waals surface area contributed by atoms with Crippen LogP contribution in [0, 0.1) is 11.2 Å². The van der Waals surface area contributed by atoms with Crippen molar-refractivity contribution in [1.82, 2.24) is 5.32 Å². The summed E-state index contributed by atoms with van der Waals surface area (Å²) in [5.74, 6) is -0.527. The van der Waals surface area contributed by atoms with Crippen LogP contribution in [-0.4, -0.2) is 10.9 Å². The zero-order valence-electron chi connectivity index (χ0n) is 9.20. The summed E-state index contributed by atoms with van der Waals surface area (Å²) in [7, 11) is 0. The number of nitrogens with one attached hydrogen (secondary N) is 1. The molecule has 0 spiro atoms. The molecule has 0 heterocycles. The second kappa shape index (κ2) is 4.41. The molecule has 5 heteroatoms. The number of benzene rings is 1. The lowest BCUT2D eigenvalue weighted by Crippen LogP contribution is -2.39. The van der Waals surface area contributed by atoms with Crippen LogP contribution in [0.5, 0.6) is 0 Å². The Hall–Kier alpha value is -1.49. The highest BCUT2D eigenvalue weighted by Gasteiger charge is 2.52. The van der Waals surface area contributed by atoms with Gasteiger partial charge in [-0.1, -0.05) is 30.4 Å². The number of hydrogen-bond acceptors (Lipinski definition) is 2. The second-order valence-electron chi connectivity index (χ2n) is 4.22. The molecule has 1 fully saturated rings. The number of hydrogen-bond donors (Lipinski definition) is 2. The summed E-state index contributed by atoms with van der Waals surface area (Å²) < 4.78 is 13.3. The summed E-state index contributed by atoms with van der Waals surface area (Å²) in [4.78, 5) is 12.1. The quantitative estimate of drug-likeness (QED) is 0.799. The monoisotopic (exact) mass is 252 g/mol. The van der Waals surface area contributed by atoms with Gasteiger partial charge >= 0.3 is 0 Å². The van der Waals surface area contributed by atoms with Crippen molar-refractivity contribution < 1.29 is 9.18 Å². The molecular weight excluding hydrogens is 239 g/mol. The molecule has 90 valence electrons. The maximum atomic E-state index is 13.3. The third-order valence-corrected chi connectivity index (χ3v) is 3.44. The van der Waals surface area contributed by atoms with Crippen LogP contribution in [0.15, 0.2) is 24.3 Å². The molecule has 1 aromatic carbocycles. The van der Waals surface area contributed by atoms with Crippen LogP contribution in [0.2, 0.25) is 0 Å². The van der Waals surface area contributed by atoms with Crippen LogP contribution >= 0.6 is 12.2 Å². The van der Waals surface area contributed by atoms with Crippen LogP contribution in [0.1, 0.15) is 18.4 Å². The van der Waals surface area contributed by atoms with E-state index < -0.39 is 5.41 Å². The number of rotatable bonds is 4. The average Bonchev–Trinajstić information content (AvgIpc) is 3.08. The third-order valence-electron chi connectivity index (χ3n) is 3.05. The van der Waals surface area contributed by atoms with E-state index in [2.05, 4.69) is 5.32 Å². The fourth-order valence-corrected chi connectivity index (χ4v) is 1.99. The highest BCUT2D eigenvalue weighted by atomic mass is 32.1. The molecular formula is C12H13FN2OS. The fourth-order valence-electron chi connectivity index (χ4n) is 1.70. The van der Waals surface area contributed by atoms with Crippen molar-refractivity contribution in [2.75, 3.05) is 0 Å². The Balaban J connectivity index is 1.98. The van der Waals surface area contributed by atoms with Gasteiger partial charge in [-0.05, 0) is 18.9 Å². The SMILES string of the molecule is NC(=S)C1(C(=O)NCc2ccccc2F)CC1. The molecule has 3 N–H and O–H groups in total. The minimum Gasteiger partial charge on any atom is -0.392 e. The Bertz CT molecular complexity index is 471. The first-order valence-electron chi connectivity index (χ1n) is 5.38. The maximum absolute atomic E-state index is 13.3. The Labute approximate surface area is 104 Å². The molecule has 1 saturated carbocycles. The summed E-state index contributed by atoms with van der Waals surface area (Å²) in [5, 5.41) is 2.68. The van der Waals surface area contributed by atoms with Crippen molar-refractivity contribution in [1.29, 1.82) is 0 Å². The number of halogens is 1. The molecule has 1 aromatic rings. The lowest BCUT2D eigenvalue weighted by molar-refractivity contribution is -0.124. The van der Waals surface area contributed by atoms with E-state index in [1.165, 1.54) is 6.07 Å². The number of amides is 1. The van der Waals surface area contributed by atoms with Gasteiger partial charge in [-0.25, -0.2) is 4.39 Å². The van der Waals surface area contributed by atoms with Crippen molar-refractivity contribution >= 4 is 23.1 Å². The Morgan fingerprint density at radius 1 is 1.47 bits per heavy atom. The van der Waals surface area contributed by atoms with Gasteiger partial charge in [-0.15, -0.1) is 0 Å². The predicted octanol–water partition coefficient (Wildman–Crippen LogP) is 1.51. The summed E-state index contributed by atoms with van der Waals surface area (Å²) in [5.41, 5.74) is 5.31. The first-order valence-corrected chi connectivity index (χ1v) is 5.79. The Morgan fingerprint density at radius 3 is 2.65 bits per heavy atom. The minimum atomic E-state index is -0.680. The van der Waals surface area contributed by atoms with E-state index in [4.69, 9.17) is 18.0 Å². The van der Waals surface area contributed by atoms with Gasteiger partial charge < -0.3 is 11.1 Å². The molecule has 0 atom stereocenters. The molecule has 0 radical (unpaired) electrons. The van der Waals surface area contributed by atoms with E-state index in [1.54, 1.807) is 18.2 Å². The molecule has 1 aliphatic rings. The van der Waals surface area contributed by atoms with E-state index in [9.17, 15) is 9.18 Å². The first kappa shape index (κ1) is 12.0. The number of thiocarbonyl (C=S) groups is 1. The van der Waals surface area contributed by atoms with E-state index in [0.29, 0.717) is 18.4 Å². The molecule has 2 rings (SSSR count). The van der Waals surface area contributed by atoms with E-state index in [1.807, 2.05) is 0 Å². The molecule has 0 aromatic heterocycles. The second-order valence-corrected chi connectivity index (χ2v) is 4.66. The maximum Gasteiger partial charge on any atom is 0.233 e. The van der Waals surface area contributed by atoms with Gasteiger partial charge in [0.25, 0.3) is 0 Å². The number of nitrogens with two attached hydrogens (primary N) is 1. The number of carbonyl (C=O) groups excluding carboxylic acids is 1. The summed E-state index contributed by atoms with van der Waals surface area (Å²) in [6, 6.07) is 6.33. The summed E-state index contributed by atoms with van der Waals surface area (Å²) >= 11 is 4.87. The summed E-state index contributed by atoms with van der Waals surface area (Å²) in [6.07, 6.45) is 1.37. The van der Waals surface area contributed by atoms with Crippen LogP contribution in [0.3, 0.4) is 0 Å². The summed E-state index contributed by atoms with van der Waals surface area (Å²) in [6.45, 7) is 0.163. The van der Waals surface area contributed by atoms with Crippen molar-refractivity contribution in [3.63, 3.8) is 0 Å². The van der Waals surface area contributed by atoms with Gasteiger partial charge in [0.05, 0.1) is 10.4 Å². The van der Waals surface area contributed by atoms with Gasteiger partial charge in [0.15, 0.2) is 0 Å². The third kappa shape index (κ3) is 2.29. The zero-order valence-corrected chi connectivity index (χ0v) is 10.0. The van der Waals surface area contributed by atoms with Crippen LogP contribution in [0.25, 0.3) is 0 Å². The molecule has 17 heavy (non-hydrogen) atoms. The molecule has 0 aliphatic heterocycles. The van der Waals surface area contributed by atoms with Crippen molar-refractivity contribution in [2.24, 2.45) is 11.1 Å². The average molecular weight is 252 g/mol. The highest BCUT2D eigenvalue weighted by molar-refractivity contribution is 7.80. The van der Waals surface area contributed by atoms with Crippen LogP contribution < -0.4 is 11.1 Å². The first-order chi connectivity index (χ1) is 8.06. The van der Waals surface area contributed by atoms with Gasteiger partial charge in [0, 0.05) is 12.1 Å². The van der Waals surface area contributed by atoms with E-state index in [-0.39, 0.29) is 23.3 Å². The standard InChI is InChI=1S/C12H13FN2OS/c13-9-4-2-1-3-8(9)7-15-11(16)12(5-6-12)10(14)17/h1-4H,5-7H2,(H2,14,17)(H,15,16). The normalized spacial score (nSPS) is 16.3. The lowest BCUT2D eigenvalue weighted by atomic mass is 10.1. The van der Waals surface area contributed by atoms with Crippen LogP contribution in [0.4, 0.5) is 4.39 Å². The van der Waals surface area contributed by atoms with Gasteiger partial charge in [0.2, 0.25) is 5.91 Å². The minimum absolute atomic E-state index is 0.163. The van der Waals surface area contributed by atoms with Gasteiger partial charge in [-0.3, -0.25) is 4.79 Å². The topological polar surface area (TPSA) is 55.1 Å². The van der Waals surface area contributed by atoms with Crippen molar-refractivity contribution in [3.05, 3.63) is 35.6 Å². The fraction of sp³-hybridized carbons (Fsp3) is 0.333. The van der Waals surface area contributed by atoms with Crippen molar-refractivity contribution in [2.45, 2.75) is 19.4 Å². The van der Waals surface area contributed by atoms with Gasteiger partial charge in [0.1, 0.15) is 5.82 Å². The highest BCUT2D eigenvalue weighted by Crippen LogP contribution is 2.46. The molecule has 1 amide bonds. The van der Waals surface area contributed by atoms with Gasteiger partial charge in [-0.2, -0.15) is 0 Å². The lowest BCUT2D eigenvalue weighted by Gasteiger charge is -2.13. The molecule has 0 bridgehead atoms. The Morgan fingerprint density at radius 2 is 2.12 bits per heavy atom. The Kier molecular flexibility index (Phi) is 3.11. The smallest absolute Gasteiger partial charge is 0.233 e. The zero-order chi connectivity index (χ0) is 12.5. The molecule has 3 nitrogen and oxygen atoms in total. The largest absolute Gasteiger partial charge is 0.392 e. The van der Waals surface area contributed by atoms with Crippen LogP contribution in [-0.2, 0) is 11.3 Å². The molecule has 0 unspecified atom stereocenters. The van der Waals surface area contributed by atoms with Crippen molar-refractivity contribution in [3.8, 4) is 0 Å². The predicted molar refractivity (Wildman–Crippen MR) is 66.7 cm³/mol. The molecule has 0 saturated heterocycles.